The van der Waals surface area contributed by atoms with Crippen LogP contribution in [-0.4, -0.2) is 56.2 Å². The minimum atomic E-state index is -0.417. The molecule has 0 aliphatic carbocycles. The van der Waals surface area contributed by atoms with Gasteiger partial charge in [-0.1, -0.05) is 36.4 Å². The van der Waals surface area contributed by atoms with Crippen LogP contribution in [0.15, 0.2) is 65.7 Å². The molecular formula is C25H24N8O3. The summed E-state index contributed by atoms with van der Waals surface area (Å²) in [6.45, 7) is 2.91. The summed E-state index contributed by atoms with van der Waals surface area (Å²) in [5.74, 6) is 6.32. The van der Waals surface area contributed by atoms with Crippen molar-refractivity contribution in [1.82, 2.24) is 29.3 Å². The Morgan fingerprint density at radius 1 is 1.14 bits per heavy atom. The van der Waals surface area contributed by atoms with Crippen molar-refractivity contribution >= 4 is 28.4 Å². The van der Waals surface area contributed by atoms with Gasteiger partial charge < -0.3 is 25.8 Å². The molecule has 0 radical (unpaired) electrons. The number of ether oxygens (including phenoxy) is 1. The van der Waals surface area contributed by atoms with Gasteiger partial charge in [-0.3, -0.25) is 9.20 Å². The number of anilines is 1. The second-order valence-corrected chi connectivity index (χ2v) is 8.55. The molecule has 2 aromatic carbocycles. The zero-order valence-corrected chi connectivity index (χ0v) is 19.3. The predicted molar refractivity (Wildman–Crippen MR) is 135 cm³/mol. The third-order valence-corrected chi connectivity index (χ3v) is 6.34. The number of imidazole rings is 2. The average molecular weight is 485 g/mol. The fraction of sp³-hybridized carbons (Fsp3) is 0.200. The average Bonchev–Trinajstić information content (AvgIpc) is 3.45. The van der Waals surface area contributed by atoms with Crippen LogP contribution < -0.4 is 21.7 Å². The molecular weight excluding hydrogens is 460 g/mol. The van der Waals surface area contributed by atoms with E-state index in [9.17, 15) is 9.59 Å². The summed E-state index contributed by atoms with van der Waals surface area (Å²) in [5, 5.41) is 2.98. The Morgan fingerprint density at radius 3 is 2.75 bits per heavy atom. The van der Waals surface area contributed by atoms with E-state index in [1.165, 1.54) is 0 Å². The fourth-order valence-electron chi connectivity index (χ4n) is 4.53. The fourth-order valence-corrected chi connectivity index (χ4v) is 4.53. The maximum Gasteiger partial charge on any atom is 0.344 e. The number of rotatable bonds is 5. The molecule has 0 atom stereocenters. The van der Waals surface area contributed by atoms with Crippen LogP contribution in [0.25, 0.3) is 27.9 Å². The first kappa shape index (κ1) is 21.9. The molecule has 4 N–H and O–H groups in total. The molecule has 1 amide bonds. The van der Waals surface area contributed by atoms with Gasteiger partial charge in [-0.15, -0.1) is 0 Å². The smallest absolute Gasteiger partial charge is 0.344 e. The van der Waals surface area contributed by atoms with Gasteiger partial charge in [0.2, 0.25) is 0 Å². The molecule has 1 saturated heterocycles. The number of hydrogen-bond donors (Lipinski definition) is 3. The number of aromatic amines is 1. The van der Waals surface area contributed by atoms with Gasteiger partial charge in [0.05, 0.1) is 29.9 Å². The third-order valence-electron chi connectivity index (χ3n) is 6.34. The maximum absolute atomic E-state index is 13.5. The van der Waals surface area contributed by atoms with Gasteiger partial charge in [0.15, 0.2) is 17.2 Å². The molecule has 0 saturated carbocycles. The zero-order valence-electron chi connectivity index (χ0n) is 19.3. The second-order valence-electron chi connectivity index (χ2n) is 8.55. The molecule has 11 nitrogen and oxygen atoms in total. The Balaban J connectivity index is 1.50. The molecule has 0 bridgehead atoms. The van der Waals surface area contributed by atoms with Crippen LogP contribution in [0.2, 0.25) is 0 Å². The number of hydrogen-bond acceptors (Lipinski definition) is 7. The van der Waals surface area contributed by atoms with Crippen LogP contribution in [0, 0.1) is 0 Å². The van der Waals surface area contributed by atoms with E-state index < -0.39 is 5.69 Å². The lowest BCUT2D eigenvalue weighted by Crippen LogP contribution is -2.37. The quantitative estimate of drug-likeness (QED) is 0.322. The van der Waals surface area contributed by atoms with Crippen LogP contribution in [0.1, 0.15) is 16.1 Å². The van der Waals surface area contributed by atoms with Crippen molar-refractivity contribution in [3.05, 3.63) is 82.7 Å². The number of carbonyl (C=O) groups is 1. The first-order valence-corrected chi connectivity index (χ1v) is 11.6. The molecule has 1 aliphatic heterocycles. The molecule has 0 unspecified atom stereocenters. The van der Waals surface area contributed by atoms with Crippen molar-refractivity contribution in [2.75, 3.05) is 37.0 Å². The van der Waals surface area contributed by atoms with E-state index in [1.54, 1.807) is 24.5 Å². The molecule has 3 aromatic heterocycles. The number of nitrogens with zero attached hydrogens (tertiary/aromatic N) is 5. The summed E-state index contributed by atoms with van der Waals surface area (Å²) in [4.78, 5) is 39.7. The molecule has 0 spiro atoms. The van der Waals surface area contributed by atoms with Gasteiger partial charge in [-0.25, -0.2) is 19.4 Å². The lowest BCUT2D eigenvalue weighted by molar-refractivity contribution is 0.0947. The Hall–Kier alpha value is -4.64. The summed E-state index contributed by atoms with van der Waals surface area (Å²) in [7, 11) is 0. The van der Waals surface area contributed by atoms with Crippen LogP contribution in [-0.2, 0) is 11.3 Å². The van der Waals surface area contributed by atoms with E-state index in [4.69, 9.17) is 15.6 Å². The number of aromatic nitrogens is 5. The number of nitrogens with one attached hydrogen (secondary N) is 2. The van der Waals surface area contributed by atoms with Crippen molar-refractivity contribution in [3.63, 3.8) is 0 Å². The number of carbonyl (C=O) groups excluding carboxylic acids is 1. The number of amides is 1. The van der Waals surface area contributed by atoms with E-state index in [0.717, 1.165) is 10.2 Å². The van der Waals surface area contributed by atoms with Crippen molar-refractivity contribution in [1.29, 1.82) is 0 Å². The molecule has 5 aromatic rings. The summed E-state index contributed by atoms with van der Waals surface area (Å²) >= 11 is 0. The summed E-state index contributed by atoms with van der Waals surface area (Å²) in [5.41, 5.74) is 3.79. The third kappa shape index (κ3) is 3.75. The van der Waals surface area contributed by atoms with E-state index in [1.807, 2.05) is 40.8 Å². The van der Waals surface area contributed by atoms with Gasteiger partial charge in [0, 0.05) is 37.6 Å². The SMILES string of the molecule is Nn1c(=O)[nH]c2ccc(-c3c(C(=O)NCc4ccccc4)nc4c(N5CCOCC5)nccn34)cc21. The van der Waals surface area contributed by atoms with E-state index in [2.05, 4.69) is 20.2 Å². The molecule has 36 heavy (non-hydrogen) atoms. The molecule has 11 heteroatoms. The number of nitrogens with two attached hydrogens (primary N) is 1. The Morgan fingerprint density at radius 2 is 1.94 bits per heavy atom. The minimum absolute atomic E-state index is 0.259. The summed E-state index contributed by atoms with van der Waals surface area (Å²) in [6, 6.07) is 15.1. The topological polar surface area (TPSA) is 136 Å². The highest BCUT2D eigenvalue weighted by molar-refractivity contribution is 6.01. The Labute approximate surface area is 205 Å². The normalized spacial score (nSPS) is 13.9. The molecule has 4 heterocycles. The standard InChI is InChI=1S/C25H24N8O3/c26-33-19-14-17(6-7-18(19)29-25(33)35)21-20(24(34)28-15-16-4-2-1-3-5-16)30-23-22(27-8-9-32(21)23)31-10-12-36-13-11-31/h1-9,14H,10-13,15,26H2,(H,28,34)(H,29,35). The maximum atomic E-state index is 13.5. The largest absolute Gasteiger partial charge is 0.378 e. The van der Waals surface area contributed by atoms with Crippen molar-refractivity contribution in [2.24, 2.45) is 0 Å². The molecule has 1 fully saturated rings. The summed E-state index contributed by atoms with van der Waals surface area (Å²) < 4.78 is 8.41. The van der Waals surface area contributed by atoms with Gasteiger partial charge >= 0.3 is 5.69 Å². The van der Waals surface area contributed by atoms with Crippen molar-refractivity contribution in [3.8, 4) is 11.3 Å². The van der Waals surface area contributed by atoms with Crippen LogP contribution >= 0.6 is 0 Å². The minimum Gasteiger partial charge on any atom is -0.378 e. The lowest BCUT2D eigenvalue weighted by Gasteiger charge is -2.27. The Bertz CT molecular complexity index is 1630. The lowest BCUT2D eigenvalue weighted by atomic mass is 10.1. The first-order chi connectivity index (χ1) is 17.6. The predicted octanol–water partition coefficient (Wildman–Crippen LogP) is 1.52. The van der Waals surface area contributed by atoms with Gasteiger partial charge in [0.25, 0.3) is 5.91 Å². The van der Waals surface area contributed by atoms with Crippen LogP contribution in [0.4, 0.5) is 5.82 Å². The highest BCUT2D eigenvalue weighted by Crippen LogP contribution is 2.30. The van der Waals surface area contributed by atoms with Crippen molar-refractivity contribution in [2.45, 2.75) is 6.54 Å². The van der Waals surface area contributed by atoms with Gasteiger partial charge in [-0.05, 0) is 17.7 Å². The summed E-state index contributed by atoms with van der Waals surface area (Å²) in [6.07, 6.45) is 3.48. The molecule has 6 rings (SSSR count). The number of fused-ring (bicyclic) bond motifs is 2. The highest BCUT2D eigenvalue weighted by Gasteiger charge is 2.25. The molecule has 182 valence electrons. The van der Waals surface area contributed by atoms with E-state index in [-0.39, 0.29) is 11.6 Å². The number of H-pyrrole nitrogens is 1. The number of nitrogen functional groups attached to an aromatic ring is 1. The van der Waals surface area contributed by atoms with Crippen LogP contribution in [0.5, 0.6) is 0 Å². The van der Waals surface area contributed by atoms with Crippen LogP contribution in [0.3, 0.4) is 0 Å². The van der Waals surface area contributed by atoms with Gasteiger partial charge in [0.1, 0.15) is 0 Å². The zero-order chi connectivity index (χ0) is 24.6. The van der Waals surface area contributed by atoms with E-state index >= 15 is 0 Å². The number of morpholine rings is 1. The number of benzene rings is 2. The monoisotopic (exact) mass is 484 g/mol. The van der Waals surface area contributed by atoms with Gasteiger partial charge in [-0.2, -0.15) is 0 Å². The Kier molecular flexibility index (Phi) is 5.38. The molecule has 1 aliphatic rings. The second kappa shape index (κ2) is 8.86. The first-order valence-electron chi connectivity index (χ1n) is 11.6. The highest BCUT2D eigenvalue weighted by atomic mass is 16.5. The van der Waals surface area contributed by atoms with E-state index in [0.29, 0.717) is 66.6 Å². The van der Waals surface area contributed by atoms with Crippen molar-refractivity contribution < 1.29 is 9.53 Å².